The first-order valence-corrected chi connectivity index (χ1v) is 9.24. The van der Waals surface area contributed by atoms with E-state index in [2.05, 4.69) is 5.32 Å². The zero-order chi connectivity index (χ0) is 18.4. The summed E-state index contributed by atoms with van der Waals surface area (Å²) < 4.78 is 30.5. The molecule has 0 fully saturated rings. The third-order valence-corrected chi connectivity index (χ3v) is 5.48. The van der Waals surface area contributed by atoms with Crippen molar-refractivity contribution in [3.63, 3.8) is 0 Å². The summed E-state index contributed by atoms with van der Waals surface area (Å²) in [4.78, 5) is 12.2. The average Bonchev–Trinajstić information content (AvgIpc) is 2.61. The Morgan fingerprint density at radius 1 is 1.08 bits per heavy atom. The quantitative estimate of drug-likeness (QED) is 0.819. The van der Waals surface area contributed by atoms with E-state index in [1.54, 1.807) is 0 Å². The van der Waals surface area contributed by atoms with Gasteiger partial charge in [-0.15, -0.1) is 0 Å². The van der Waals surface area contributed by atoms with Crippen LogP contribution in [0.4, 0.5) is 0 Å². The van der Waals surface area contributed by atoms with Crippen molar-refractivity contribution in [3.8, 4) is 5.75 Å². The second-order valence-corrected chi connectivity index (χ2v) is 7.90. The molecule has 0 aliphatic rings. The predicted octanol–water partition coefficient (Wildman–Crippen LogP) is 2.19. The number of rotatable bonds is 7. The summed E-state index contributed by atoms with van der Waals surface area (Å²) in [6.07, 6.45) is 0. The number of carbonyl (C=O) groups excluding carboxylic acids is 1. The minimum atomic E-state index is -3.47. The van der Waals surface area contributed by atoms with E-state index in [0.717, 1.165) is 9.87 Å². The van der Waals surface area contributed by atoms with Gasteiger partial charge in [-0.1, -0.05) is 30.3 Å². The second kappa shape index (κ2) is 8.13. The number of hydrogen-bond donors (Lipinski definition) is 1. The lowest BCUT2D eigenvalue weighted by molar-refractivity contribution is -0.123. The molecular weight excluding hydrogens is 340 g/mol. The lowest BCUT2D eigenvalue weighted by Crippen LogP contribution is -2.31. The first kappa shape index (κ1) is 19.0. The Morgan fingerprint density at radius 2 is 1.68 bits per heavy atom. The van der Waals surface area contributed by atoms with Crippen LogP contribution in [-0.4, -0.2) is 39.3 Å². The Bertz CT molecular complexity index is 803. The fourth-order valence-electron chi connectivity index (χ4n) is 2.18. The molecule has 2 aromatic carbocycles. The normalized spacial score (nSPS) is 12.6. The van der Waals surface area contributed by atoms with Gasteiger partial charge in [0.15, 0.2) is 6.61 Å². The van der Waals surface area contributed by atoms with Crippen molar-refractivity contribution in [1.82, 2.24) is 9.62 Å². The lowest BCUT2D eigenvalue weighted by Gasteiger charge is -2.15. The van der Waals surface area contributed by atoms with Crippen LogP contribution >= 0.6 is 0 Å². The van der Waals surface area contributed by atoms with E-state index in [1.165, 1.54) is 38.4 Å². The summed E-state index contributed by atoms with van der Waals surface area (Å²) in [5, 5.41) is 2.85. The van der Waals surface area contributed by atoms with Crippen molar-refractivity contribution in [2.24, 2.45) is 0 Å². The highest BCUT2D eigenvalue weighted by molar-refractivity contribution is 7.89. The van der Waals surface area contributed by atoms with Crippen LogP contribution in [0.25, 0.3) is 0 Å². The fraction of sp³-hybridized carbons (Fsp3) is 0.278. The van der Waals surface area contributed by atoms with Crippen LogP contribution in [0.1, 0.15) is 18.5 Å². The van der Waals surface area contributed by atoms with E-state index in [1.807, 2.05) is 37.3 Å². The van der Waals surface area contributed by atoms with Crippen molar-refractivity contribution in [1.29, 1.82) is 0 Å². The summed E-state index contributed by atoms with van der Waals surface area (Å²) in [7, 11) is -0.533. The zero-order valence-corrected chi connectivity index (χ0v) is 15.3. The molecule has 7 heteroatoms. The molecule has 2 rings (SSSR count). The van der Waals surface area contributed by atoms with Gasteiger partial charge in [-0.2, -0.15) is 0 Å². The molecule has 0 heterocycles. The molecule has 134 valence electrons. The first-order valence-electron chi connectivity index (χ1n) is 7.80. The van der Waals surface area contributed by atoms with Gasteiger partial charge in [-0.25, -0.2) is 12.7 Å². The Balaban J connectivity index is 1.90. The average molecular weight is 362 g/mol. The molecule has 0 aliphatic heterocycles. The highest BCUT2D eigenvalue weighted by atomic mass is 32.2. The maximum absolute atomic E-state index is 12.0. The molecular formula is C18H22N2O4S. The van der Waals surface area contributed by atoms with Crippen LogP contribution in [-0.2, 0) is 14.8 Å². The van der Waals surface area contributed by atoms with Crippen LogP contribution in [0.2, 0.25) is 0 Å². The van der Waals surface area contributed by atoms with Gasteiger partial charge in [0.2, 0.25) is 10.0 Å². The first-order chi connectivity index (χ1) is 11.8. The van der Waals surface area contributed by atoms with Crippen molar-refractivity contribution in [2.45, 2.75) is 17.9 Å². The summed E-state index contributed by atoms with van der Waals surface area (Å²) in [6, 6.07) is 15.5. The van der Waals surface area contributed by atoms with Crippen LogP contribution in [0.15, 0.2) is 59.5 Å². The second-order valence-electron chi connectivity index (χ2n) is 5.75. The molecule has 25 heavy (non-hydrogen) atoms. The molecule has 1 atom stereocenters. The number of nitrogens with zero attached hydrogens (tertiary/aromatic N) is 1. The minimum Gasteiger partial charge on any atom is -0.484 e. The van der Waals surface area contributed by atoms with Gasteiger partial charge in [0.05, 0.1) is 10.9 Å². The van der Waals surface area contributed by atoms with Crippen LogP contribution in [0.5, 0.6) is 5.75 Å². The number of benzene rings is 2. The monoisotopic (exact) mass is 362 g/mol. The molecule has 0 unspecified atom stereocenters. The summed E-state index contributed by atoms with van der Waals surface area (Å²) in [5.74, 6) is 0.182. The molecule has 0 saturated carbocycles. The molecule has 6 nitrogen and oxygen atoms in total. The van der Waals surface area contributed by atoms with Crippen molar-refractivity contribution < 1.29 is 17.9 Å². The molecule has 1 amide bonds. The molecule has 0 bridgehead atoms. The number of carbonyl (C=O) groups is 1. The Kier molecular flexibility index (Phi) is 6.17. The van der Waals surface area contributed by atoms with Crippen LogP contribution < -0.4 is 10.1 Å². The number of sulfonamides is 1. The number of hydrogen-bond acceptors (Lipinski definition) is 4. The Labute approximate surface area is 148 Å². The van der Waals surface area contributed by atoms with Crippen LogP contribution in [0.3, 0.4) is 0 Å². The zero-order valence-electron chi connectivity index (χ0n) is 14.5. The van der Waals surface area contributed by atoms with Gasteiger partial charge in [-0.05, 0) is 36.8 Å². The highest BCUT2D eigenvalue weighted by Crippen LogP contribution is 2.18. The highest BCUT2D eigenvalue weighted by Gasteiger charge is 2.17. The van der Waals surface area contributed by atoms with Crippen LogP contribution in [0, 0.1) is 0 Å². The third kappa shape index (κ3) is 5.04. The number of ether oxygens (including phenoxy) is 1. The SMILES string of the molecule is C[C@H](NC(=O)COc1ccc(S(=O)(=O)N(C)C)cc1)c1ccccc1. The molecule has 0 aliphatic carbocycles. The van der Waals surface area contributed by atoms with Crippen molar-refractivity contribution in [3.05, 3.63) is 60.2 Å². The van der Waals surface area contributed by atoms with E-state index in [9.17, 15) is 13.2 Å². The summed E-state index contributed by atoms with van der Waals surface area (Å²) in [5.41, 5.74) is 1.01. The summed E-state index contributed by atoms with van der Waals surface area (Å²) >= 11 is 0. The molecule has 0 aromatic heterocycles. The Morgan fingerprint density at radius 3 is 2.24 bits per heavy atom. The summed E-state index contributed by atoms with van der Waals surface area (Å²) in [6.45, 7) is 1.76. The Hall–Kier alpha value is -2.38. The number of amides is 1. The van der Waals surface area contributed by atoms with Gasteiger partial charge in [-0.3, -0.25) is 4.79 Å². The van der Waals surface area contributed by atoms with E-state index in [0.29, 0.717) is 5.75 Å². The maximum Gasteiger partial charge on any atom is 0.258 e. The molecule has 0 radical (unpaired) electrons. The standard InChI is InChI=1S/C18H22N2O4S/c1-14(15-7-5-4-6-8-15)19-18(21)13-24-16-9-11-17(12-10-16)25(22,23)20(2)3/h4-12,14H,13H2,1-3H3,(H,19,21)/t14-/m0/s1. The van der Waals surface area contributed by atoms with E-state index >= 15 is 0 Å². The van der Waals surface area contributed by atoms with Gasteiger partial charge in [0, 0.05) is 14.1 Å². The molecule has 0 saturated heterocycles. The topological polar surface area (TPSA) is 75.7 Å². The minimum absolute atomic E-state index is 0.120. The van der Waals surface area contributed by atoms with Gasteiger partial charge in [0.25, 0.3) is 5.91 Å². The van der Waals surface area contributed by atoms with E-state index in [4.69, 9.17) is 4.74 Å². The largest absolute Gasteiger partial charge is 0.484 e. The van der Waals surface area contributed by atoms with Gasteiger partial charge >= 0.3 is 0 Å². The molecule has 2 aromatic rings. The smallest absolute Gasteiger partial charge is 0.258 e. The maximum atomic E-state index is 12.0. The van der Waals surface area contributed by atoms with Gasteiger partial charge < -0.3 is 10.1 Å². The fourth-order valence-corrected chi connectivity index (χ4v) is 3.08. The molecule has 1 N–H and O–H groups in total. The van der Waals surface area contributed by atoms with E-state index < -0.39 is 10.0 Å². The van der Waals surface area contributed by atoms with Gasteiger partial charge in [0.1, 0.15) is 5.75 Å². The lowest BCUT2D eigenvalue weighted by atomic mass is 10.1. The van der Waals surface area contributed by atoms with Crippen molar-refractivity contribution >= 4 is 15.9 Å². The van der Waals surface area contributed by atoms with E-state index in [-0.39, 0.29) is 23.5 Å². The molecule has 0 spiro atoms. The number of nitrogens with one attached hydrogen (secondary N) is 1. The third-order valence-electron chi connectivity index (χ3n) is 3.65. The van der Waals surface area contributed by atoms with Crippen molar-refractivity contribution in [2.75, 3.05) is 20.7 Å². The predicted molar refractivity (Wildman–Crippen MR) is 95.8 cm³/mol.